The molecule has 4 nitrogen and oxygen atoms in total. The van der Waals surface area contributed by atoms with Crippen LogP contribution in [0.15, 0.2) is 30.3 Å². The van der Waals surface area contributed by atoms with Crippen molar-refractivity contribution in [1.29, 1.82) is 0 Å². The van der Waals surface area contributed by atoms with Gasteiger partial charge in [0.2, 0.25) is 5.91 Å². The molecule has 1 aromatic carbocycles. The monoisotopic (exact) mass is 193 g/mol. The Morgan fingerprint density at radius 2 is 1.86 bits per heavy atom. The third-order valence-corrected chi connectivity index (χ3v) is 1.90. The van der Waals surface area contributed by atoms with E-state index < -0.39 is 24.2 Å². The highest BCUT2D eigenvalue weighted by Crippen LogP contribution is 2.07. The first-order valence-electron chi connectivity index (χ1n) is 4.16. The Morgan fingerprint density at radius 3 is 2.29 bits per heavy atom. The Labute approximate surface area is 81.3 Å². The van der Waals surface area contributed by atoms with Gasteiger partial charge in [0.1, 0.15) is 5.92 Å². The lowest BCUT2D eigenvalue weighted by Gasteiger charge is -2.08. The number of nitrogens with two attached hydrogens (primary N) is 1. The number of ketones is 1. The topological polar surface area (TPSA) is 80.4 Å². The molecule has 3 N–H and O–H groups in total. The summed E-state index contributed by atoms with van der Waals surface area (Å²) in [6, 6.07) is 8.28. The second-order valence-electron chi connectivity index (χ2n) is 2.87. The predicted octanol–water partition coefficient (Wildman–Crippen LogP) is -0.0369. The first-order valence-corrected chi connectivity index (χ1v) is 4.16. The molecule has 0 heterocycles. The standard InChI is InChI=1S/C10H11NO3/c11-10(14)8(6-12)9(13)7-4-2-1-3-5-7/h1-5,8,12H,6H2,(H2,11,14). The van der Waals surface area contributed by atoms with Crippen LogP contribution >= 0.6 is 0 Å². The van der Waals surface area contributed by atoms with E-state index >= 15 is 0 Å². The van der Waals surface area contributed by atoms with Gasteiger partial charge in [0, 0.05) is 5.56 Å². The number of aliphatic hydroxyl groups excluding tert-OH is 1. The largest absolute Gasteiger partial charge is 0.395 e. The second kappa shape index (κ2) is 4.53. The zero-order chi connectivity index (χ0) is 10.6. The first-order chi connectivity index (χ1) is 6.66. The number of benzene rings is 1. The third kappa shape index (κ3) is 2.17. The van der Waals surface area contributed by atoms with Crippen molar-refractivity contribution in [3.05, 3.63) is 35.9 Å². The molecule has 1 unspecified atom stereocenters. The highest BCUT2D eigenvalue weighted by molar-refractivity contribution is 6.09. The smallest absolute Gasteiger partial charge is 0.230 e. The second-order valence-corrected chi connectivity index (χ2v) is 2.87. The Balaban J connectivity index is 2.89. The lowest BCUT2D eigenvalue weighted by molar-refractivity contribution is -0.121. The number of rotatable bonds is 4. The quantitative estimate of drug-likeness (QED) is 0.520. The summed E-state index contributed by atoms with van der Waals surface area (Å²) < 4.78 is 0. The fourth-order valence-corrected chi connectivity index (χ4v) is 1.11. The van der Waals surface area contributed by atoms with Gasteiger partial charge in [-0.2, -0.15) is 0 Å². The van der Waals surface area contributed by atoms with Crippen LogP contribution in [0.25, 0.3) is 0 Å². The van der Waals surface area contributed by atoms with Gasteiger partial charge in [-0.1, -0.05) is 30.3 Å². The molecule has 74 valence electrons. The molecule has 0 spiro atoms. The summed E-state index contributed by atoms with van der Waals surface area (Å²) in [5, 5.41) is 8.81. The van der Waals surface area contributed by atoms with Gasteiger partial charge in [-0.3, -0.25) is 9.59 Å². The molecule has 14 heavy (non-hydrogen) atoms. The summed E-state index contributed by atoms with van der Waals surface area (Å²) >= 11 is 0. The predicted molar refractivity (Wildman–Crippen MR) is 50.5 cm³/mol. The first kappa shape index (κ1) is 10.4. The van der Waals surface area contributed by atoms with Crippen LogP contribution in [0.1, 0.15) is 10.4 Å². The zero-order valence-corrected chi connectivity index (χ0v) is 7.51. The average Bonchev–Trinajstić information content (AvgIpc) is 2.19. The maximum absolute atomic E-state index is 11.6. The molecule has 0 saturated carbocycles. The van der Waals surface area contributed by atoms with Gasteiger partial charge in [-0.25, -0.2) is 0 Å². The van der Waals surface area contributed by atoms with Gasteiger partial charge in [-0.15, -0.1) is 0 Å². The maximum atomic E-state index is 11.6. The van der Waals surface area contributed by atoms with E-state index in [0.29, 0.717) is 5.56 Å². The van der Waals surface area contributed by atoms with Crippen molar-refractivity contribution < 1.29 is 14.7 Å². The number of aliphatic hydroxyl groups is 1. The number of carbonyl (C=O) groups excluding carboxylic acids is 2. The van der Waals surface area contributed by atoms with Crippen LogP contribution in [-0.4, -0.2) is 23.4 Å². The van der Waals surface area contributed by atoms with Crippen molar-refractivity contribution in [1.82, 2.24) is 0 Å². The zero-order valence-electron chi connectivity index (χ0n) is 7.51. The SMILES string of the molecule is NC(=O)C(CO)C(=O)c1ccccc1. The minimum absolute atomic E-state index is 0.380. The van der Waals surface area contributed by atoms with Crippen molar-refractivity contribution in [2.24, 2.45) is 11.7 Å². The lowest BCUT2D eigenvalue weighted by Crippen LogP contribution is -2.33. The van der Waals surface area contributed by atoms with Crippen LogP contribution < -0.4 is 5.73 Å². The Morgan fingerprint density at radius 1 is 1.29 bits per heavy atom. The average molecular weight is 193 g/mol. The van der Waals surface area contributed by atoms with E-state index in [1.54, 1.807) is 30.3 Å². The minimum atomic E-state index is -1.14. The number of primary amides is 1. The van der Waals surface area contributed by atoms with Gasteiger partial charge in [-0.05, 0) is 0 Å². The van der Waals surface area contributed by atoms with E-state index in [2.05, 4.69) is 0 Å². The number of Topliss-reactive ketones (excluding diaryl/α,β-unsaturated/α-hetero) is 1. The van der Waals surface area contributed by atoms with Gasteiger partial charge in [0.05, 0.1) is 6.61 Å². The molecular weight excluding hydrogens is 182 g/mol. The minimum Gasteiger partial charge on any atom is -0.395 e. The van der Waals surface area contributed by atoms with Gasteiger partial charge in [0.15, 0.2) is 5.78 Å². The number of carbonyl (C=O) groups is 2. The van der Waals surface area contributed by atoms with E-state index in [1.165, 1.54) is 0 Å². The summed E-state index contributed by atoms with van der Waals surface area (Å²) in [6.07, 6.45) is 0. The number of amides is 1. The normalized spacial score (nSPS) is 12.1. The van der Waals surface area contributed by atoms with Crippen molar-refractivity contribution in [3.63, 3.8) is 0 Å². The third-order valence-electron chi connectivity index (χ3n) is 1.90. The molecular formula is C10H11NO3. The van der Waals surface area contributed by atoms with E-state index in [0.717, 1.165) is 0 Å². The Kier molecular flexibility index (Phi) is 3.36. The van der Waals surface area contributed by atoms with Crippen LogP contribution in [0.4, 0.5) is 0 Å². The van der Waals surface area contributed by atoms with Crippen molar-refractivity contribution in [2.45, 2.75) is 0 Å². The molecule has 1 rings (SSSR count). The summed E-state index contributed by atoms with van der Waals surface area (Å²) in [5.74, 6) is -2.39. The van der Waals surface area contributed by atoms with Crippen LogP contribution in [0.2, 0.25) is 0 Å². The molecule has 1 atom stereocenters. The van der Waals surface area contributed by atoms with Crippen LogP contribution in [0.5, 0.6) is 0 Å². The summed E-state index contributed by atoms with van der Waals surface area (Å²) in [4.78, 5) is 22.3. The number of hydrogen-bond acceptors (Lipinski definition) is 3. The van der Waals surface area contributed by atoms with E-state index in [-0.39, 0.29) is 0 Å². The highest BCUT2D eigenvalue weighted by Gasteiger charge is 2.24. The highest BCUT2D eigenvalue weighted by atomic mass is 16.3. The fraction of sp³-hybridized carbons (Fsp3) is 0.200. The van der Waals surface area contributed by atoms with Crippen LogP contribution in [-0.2, 0) is 4.79 Å². The number of hydrogen-bond donors (Lipinski definition) is 2. The van der Waals surface area contributed by atoms with Crippen molar-refractivity contribution in [3.8, 4) is 0 Å². The van der Waals surface area contributed by atoms with E-state index in [4.69, 9.17) is 10.8 Å². The lowest BCUT2D eigenvalue weighted by atomic mass is 9.98. The van der Waals surface area contributed by atoms with E-state index in [1.807, 2.05) is 0 Å². The molecule has 1 aromatic rings. The molecule has 1 amide bonds. The maximum Gasteiger partial charge on any atom is 0.230 e. The molecule has 0 fully saturated rings. The summed E-state index contributed by atoms with van der Waals surface area (Å²) in [7, 11) is 0. The van der Waals surface area contributed by atoms with Crippen molar-refractivity contribution in [2.75, 3.05) is 6.61 Å². The van der Waals surface area contributed by atoms with Gasteiger partial charge < -0.3 is 10.8 Å². The molecule has 0 bridgehead atoms. The van der Waals surface area contributed by atoms with Crippen LogP contribution in [0.3, 0.4) is 0 Å². The van der Waals surface area contributed by atoms with Gasteiger partial charge in [0.25, 0.3) is 0 Å². The summed E-state index contributed by atoms with van der Waals surface area (Å²) in [6.45, 7) is -0.553. The van der Waals surface area contributed by atoms with E-state index in [9.17, 15) is 9.59 Å². The summed E-state index contributed by atoms with van der Waals surface area (Å²) in [5.41, 5.74) is 5.35. The molecule has 0 radical (unpaired) electrons. The molecule has 0 aliphatic heterocycles. The molecule has 0 aliphatic rings. The molecule has 4 heteroatoms. The molecule has 0 aliphatic carbocycles. The van der Waals surface area contributed by atoms with Crippen LogP contribution in [0, 0.1) is 5.92 Å². The fourth-order valence-electron chi connectivity index (χ4n) is 1.11. The van der Waals surface area contributed by atoms with Crippen molar-refractivity contribution >= 4 is 11.7 Å². The van der Waals surface area contributed by atoms with Gasteiger partial charge >= 0.3 is 0 Å². The molecule has 0 aromatic heterocycles. The Hall–Kier alpha value is -1.68. The Bertz CT molecular complexity index is 334. The molecule has 0 saturated heterocycles.